The van der Waals surface area contributed by atoms with Gasteiger partial charge in [0.2, 0.25) is 0 Å². The van der Waals surface area contributed by atoms with E-state index < -0.39 is 5.82 Å². The highest BCUT2D eigenvalue weighted by molar-refractivity contribution is 7.98. The average Bonchev–Trinajstić information content (AvgIpc) is 2.27. The van der Waals surface area contributed by atoms with Crippen molar-refractivity contribution in [3.63, 3.8) is 0 Å². The number of nitrogens with one attached hydrogen (secondary N) is 1. The van der Waals surface area contributed by atoms with E-state index in [4.69, 9.17) is 0 Å². The van der Waals surface area contributed by atoms with Crippen molar-refractivity contribution in [1.29, 1.82) is 0 Å². The van der Waals surface area contributed by atoms with E-state index in [9.17, 15) is 9.18 Å². The van der Waals surface area contributed by atoms with Crippen molar-refractivity contribution < 1.29 is 9.18 Å². The van der Waals surface area contributed by atoms with E-state index in [0.717, 1.165) is 11.9 Å². The first-order chi connectivity index (χ1) is 7.65. The van der Waals surface area contributed by atoms with Crippen LogP contribution in [0.3, 0.4) is 0 Å². The molecule has 16 heavy (non-hydrogen) atoms. The lowest BCUT2D eigenvalue weighted by molar-refractivity contribution is 0.0945. The molecule has 1 aromatic heterocycles. The first kappa shape index (κ1) is 13.0. The highest BCUT2D eigenvalue weighted by atomic mass is 32.2. The first-order valence-corrected chi connectivity index (χ1v) is 6.41. The summed E-state index contributed by atoms with van der Waals surface area (Å²) in [5.74, 6) is 0.383. The number of carbonyl (C=O) groups excluding carboxylic acids is 1. The van der Waals surface area contributed by atoms with E-state index >= 15 is 0 Å². The van der Waals surface area contributed by atoms with Crippen molar-refractivity contribution in [3.8, 4) is 0 Å². The van der Waals surface area contributed by atoms with Gasteiger partial charge in [-0.1, -0.05) is 6.92 Å². The summed E-state index contributed by atoms with van der Waals surface area (Å²) >= 11 is 1.72. The van der Waals surface area contributed by atoms with Gasteiger partial charge in [0.25, 0.3) is 5.91 Å². The molecule has 1 heterocycles. The summed E-state index contributed by atoms with van der Waals surface area (Å²) in [6.45, 7) is 2.60. The lowest BCUT2D eigenvalue weighted by Gasteiger charge is -2.11. The molecule has 0 fully saturated rings. The van der Waals surface area contributed by atoms with Crippen LogP contribution in [-0.4, -0.2) is 29.4 Å². The van der Waals surface area contributed by atoms with Gasteiger partial charge in [-0.05, 0) is 24.0 Å². The number of hydrogen-bond acceptors (Lipinski definition) is 3. The molecule has 1 aromatic rings. The summed E-state index contributed by atoms with van der Waals surface area (Å²) in [6.07, 6.45) is 4.46. The van der Waals surface area contributed by atoms with Gasteiger partial charge in [-0.3, -0.25) is 9.78 Å². The van der Waals surface area contributed by atoms with Crippen LogP contribution >= 0.6 is 11.8 Å². The number of hydrogen-bond donors (Lipinski definition) is 1. The van der Waals surface area contributed by atoms with Crippen LogP contribution in [0.4, 0.5) is 4.39 Å². The summed E-state index contributed by atoms with van der Waals surface area (Å²) in [6, 6.07) is 1.38. The summed E-state index contributed by atoms with van der Waals surface area (Å²) in [7, 11) is 0. The predicted octanol–water partition coefficient (Wildman–Crippen LogP) is 1.95. The molecule has 1 atom stereocenters. The maximum atomic E-state index is 13.2. The summed E-state index contributed by atoms with van der Waals surface area (Å²) in [5.41, 5.74) is 0.0475. The Bertz CT molecular complexity index is 360. The summed E-state index contributed by atoms with van der Waals surface area (Å²) in [4.78, 5) is 15.2. The van der Waals surface area contributed by atoms with Gasteiger partial charge >= 0.3 is 0 Å². The van der Waals surface area contributed by atoms with Gasteiger partial charge in [-0.2, -0.15) is 11.8 Å². The normalized spacial score (nSPS) is 12.2. The maximum absolute atomic E-state index is 13.2. The molecule has 0 aromatic carbocycles. The third-order valence-corrected chi connectivity index (χ3v) is 2.98. The van der Waals surface area contributed by atoms with Crippen molar-refractivity contribution >= 4 is 17.7 Å². The van der Waals surface area contributed by atoms with Crippen LogP contribution in [0.1, 0.15) is 17.3 Å². The zero-order valence-corrected chi connectivity index (χ0v) is 10.2. The van der Waals surface area contributed by atoms with Gasteiger partial charge in [0.1, 0.15) is 0 Å². The Morgan fingerprint density at radius 3 is 3.06 bits per heavy atom. The Labute approximate surface area is 98.8 Å². The Balaban J connectivity index is 2.50. The van der Waals surface area contributed by atoms with Crippen LogP contribution in [0, 0.1) is 11.7 Å². The molecule has 3 nitrogen and oxygen atoms in total. The standard InChI is InChI=1S/C11H15FN2OS/c1-8(7-16-2)5-14-11(15)9-3-4-13-6-10(9)12/h3-4,6,8H,5,7H2,1-2H3,(H,14,15). The number of thioether (sulfide) groups is 1. The zero-order chi connectivity index (χ0) is 12.0. The third-order valence-electron chi connectivity index (χ3n) is 2.08. The fraction of sp³-hybridized carbons (Fsp3) is 0.455. The second kappa shape index (κ2) is 6.48. The summed E-state index contributed by atoms with van der Waals surface area (Å²) in [5, 5.41) is 2.70. The second-order valence-corrected chi connectivity index (χ2v) is 4.54. The molecular weight excluding hydrogens is 227 g/mol. The van der Waals surface area contributed by atoms with Crippen LogP contribution in [0.5, 0.6) is 0 Å². The molecule has 1 N–H and O–H groups in total. The van der Waals surface area contributed by atoms with E-state index in [-0.39, 0.29) is 11.5 Å². The van der Waals surface area contributed by atoms with Crippen LogP contribution in [0.25, 0.3) is 0 Å². The van der Waals surface area contributed by atoms with Gasteiger partial charge in [0.05, 0.1) is 11.8 Å². The number of rotatable bonds is 5. The van der Waals surface area contributed by atoms with Crippen LogP contribution in [-0.2, 0) is 0 Å². The molecule has 88 valence electrons. The lowest BCUT2D eigenvalue weighted by atomic mass is 10.2. The molecule has 0 spiro atoms. The molecule has 1 unspecified atom stereocenters. The Kier molecular flexibility index (Phi) is 5.25. The fourth-order valence-electron chi connectivity index (χ4n) is 1.26. The van der Waals surface area contributed by atoms with Crippen molar-refractivity contribution in [3.05, 3.63) is 29.8 Å². The van der Waals surface area contributed by atoms with Crippen LogP contribution in [0.2, 0.25) is 0 Å². The van der Waals surface area contributed by atoms with Crippen LogP contribution < -0.4 is 5.32 Å². The molecule has 0 saturated carbocycles. The number of halogens is 1. The molecule has 1 amide bonds. The minimum atomic E-state index is -0.586. The average molecular weight is 242 g/mol. The SMILES string of the molecule is CSCC(C)CNC(=O)c1ccncc1F. The molecule has 0 aliphatic rings. The monoisotopic (exact) mass is 242 g/mol. The number of pyridine rings is 1. The predicted molar refractivity (Wildman–Crippen MR) is 64.1 cm³/mol. The molecule has 0 bridgehead atoms. The summed E-state index contributed by atoms with van der Waals surface area (Å²) < 4.78 is 13.2. The van der Waals surface area contributed by atoms with E-state index in [1.54, 1.807) is 11.8 Å². The van der Waals surface area contributed by atoms with Gasteiger partial charge < -0.3 is 5.32 Å². The minimum Gasteiger partial charge on any atom is -0.352 e. The van der Waals surface area contributed by atoms with Gasteiger partial charge in [0, 0.05) is 12.7 Å². The molecule has 5 heteroatoms. The van der Waals surface area contributed by atoms with Gasteiger partial charge in [-0.15, -0.1) is 0 Å². The Hall–Kier alpha value is -1.10. The molecule has 0 aliphatic heterocycles. The molecule has 1 rings (SSSR count). The van der Waals surface area contributed by atoms with Gasteiger partial charge in [-0.25, -0.2) is 4.39 Å². The second-order valence-electron chi connectivity index (χ2n) is 3.63. The topological polar surface area (TPSA) is 42.0 Å². The molecule has 0 radical (unpaired) electrons. The minimum absolute atomic E-state index is 0.0475. The van der Waals surface area contributed by atoms with E-state index in [2.05, 4.69) is 10.3 Å². The Morgan fingerprint density at radius 1 is 1.69 bits per heavy atom. The van der Waals surface area contributed by atoms with E-state index in [1.165, 1.54) is 12.3 Å². The third kappa shape index (κ3) is 3.81. The smallest absolute Gasteiger partial charge is 0.254 e. The fourth-order valence-corrected chi connectivity index (χ4v) is 1.95. The Morgan fingerprint density at radius 2 is 2.44 bits per heavy atom. The van der Waals surface area contributed by atoms with Crippen molar-refractivity contribution in [2.75, 3.05) is 18.6 Å². The van der Waals surface area contributed by atoms with E-state index in [0.29, 0.717) is 12.5 Å². The largest absolute Gasteiger partial charge is 0.352 e. The molecule has 0 saturated heterocycles. The quantitative estimate of drug-likeness (QED) is 0.858. The number of nitrogens with zero attached hydrogens (tertiary/aromatic N) is 1. The number of carbonyl (C=O) groups is 1. The van der Waals surface area contributed by atoms with Crippen LogP contribution in [0.15, 0.2) is 18.5 Å². The highest BCUT2D eigenvalue weighted by Crippen LogP contribution is 2.06. The van der Waals surface area contributed by atoms with Crippen molar-refractivity contribution in [1.82, 2.24) is 10.3 Å². The van der Waals surface area contributed by atoms with Crippen molar-refractivity contribution in [2.45, 2.75) is 6.92 Å². The zero-order valence-electron chi connectivity index (χ0n) is 9.37. The lowest BCUT2D eigenvalue weighted by Crippen LogP contribution is -2.29. The number of amides is 1. The number of aromatic nitrogens is 1. The highest BCUT2D eigenvalue weighted by Gasteiger charge is 2.11. The van der Waals surface area contributed by atoms with E-state index in [1.807, 2.05) is 13.2 Å². The van der Waals surface area contributed by atoms with Gasteiger partial charge in [0.15, 0.2) is 5.82 Å². The maximum Gasteiger partial charge on any atom is 0.254 e. The molecule has 0 aliphatic carbocycles. The molecular formula is C11H15FN2OS. The first-order valence-electron chi connectivity index (χ1n) is 5.01. The van der Waals surface area contributed by atoms with Crippen molar-refractivity contribution in [2.24, 2.45) is 5.92 Å².